The quantitative estimate of drug-likeness (QED) is 0.589. The largest absolute Gasteiger partial charge is 0.460 e. The summed E-state index contributed by atoms with van der Waals surface area (Å²) in [6.07, 6.45) is 1.53. The highest BCUT2D eigenvalue weighted by Gasteiger charge is 2.39. The number of amides is 1. The van der Waals surface area contributed by atoms with Crippen LogP contribution < -0.4 is 5.32 Å². The van der Waals surface area contributed by atoms with Gasteiger partial charge in [0.1, 0.15) is 13.2 Å². The molecule has 1 N–H and O–H groups in total. The maximum Gasteiger partial charge on any atom is 0.322 e. The minimum atomic E-state index is -1.18. The summed E-state index contributed by atoms with van der Waals surface area (Å²) in [5, 5.41) is 2.73. The number of nitrogens with one attached hydrogen (secondary N) is 1. The normalized spacial score (nSPS) is 16.3. The molecule has 1 saturated heterocycles. The number of carbonyl (C=O) groups is 3. The molecule has 3 rings (SSSR count). The lowest BCUT2D eigenvalue weighted by molar-refractivity contribution is -0.165. The predicted octanol–water partition coefficient (Wildman–Crippen LogP) is 2.76. The lowest BCUT2D eigenvalue weighted by Gasteiger charge is -2.28. The van der Waals surface area contributed by atoms with E-state index in [1.165, 1.54) is 0 Å². The van der Waals surface area contributed by atoms with E-state index in [2.05, 4.69) is 5.32 Å². The van der Waals surface area contributed by atoms with Crippen molar-refractivity contribution in [3.05, 3.63) is 71.8 Å². The highest BCUT2D eigenvalue weighted by Crippen LogP contribution is 2.20. The fourth-order valence-corrected chi connectivity index (χ4v) is 3.15. The Labute approximate surface area is 163 Å². The number of esters is 2. The van der Waals surface area contributed by atoms with Gasteiger partial charge in [-0.25, -0.2) is 0 Å². The molecule has 28 heavy (non-hydrogen) atoms. The molecule has 0 spiro atoms. The third kappa shape index (κ3) is 5.42. The molecule has 146 valence electrons. The number of ether oxygens (including phenoxy) is 2. The van der Waals surface area contributed by atoms with Crippen molar-refractivity contribution in [1.29, 1.82) is 0 Å². The van der Waals surface area contributed by atoms with E-state index in [4.69, 9.17) is 9.47 Å². The molecule has 2 aromatic carbocycles. The lowest BCUT2D eigenvalue weighted by Crippen LogP contribution is -2.50. The molecule has 2 aromatic rings. The van der Waals surface area contributed by atoms with Crippen LogP contribution in [0.25, 0.3) is 0 Å². The molecule has 1 unspecified atom stereocenters. The molecule has 6 heteroatoms. The van der Waals surface area contributed by atoms with Crippen LogP contribution in [0.4, 0.5) is 0 Å². The van der Waals surface area contributed by atoms with Crippen LogP contribution in [0.5, 0.6) is 0 Å². The molecule has 0 bridgehead atoms. The van der Waals surface area contributed by atoms with E-state index in [0.717, 1.165) is 11.1 Å². The van der Waals surface area contributed by atoms with Crippen LogP contribution in [-0.4, -0.2) is 23.9 Å². The van der Waals surface area contributed by atoms with Crippen LogP contribution in [0, 0.1) is 5.92 Å². The standard InChI is InChI=1S/C22H23NO5/c24-19-13-7-12-18(23-19)20(21(25)27-14-16-8-3-1-4-9-16)22(26)28-15-17-10-5-2-6-11-17/h1-6,8-11,18,20H,7,12-15H2,(H,23,24). The van der Waals surface area contributed by atoms with Crippen molar-refractivity contribution in [2.45, 2.75) is 38.5 Å². The highest BCUT2D eigenvalue weighted by atomic mass is 16.6. The van der Waals surface area contributed by atoms with Gasteiger partial charge in [-0.05, 0) is 24.0 Å². The fraction of sp³-hybridized carbons (Fsp3) is 0.318. The van der Waals surface area contributed by atoms with Crippen molar-refractivity contribution in [1.82, 2.24) is 5.32 Å². The third-order valence-electron chi connectivity index (χ3n) is 4.62. The summed E-state index contributed by atoms with van der Waals surface area (Å²) in [7, 11) is 0. The maximum absolute atomic E-state index is 12.7. The molecule has 0 saturated carbocycles. The highest BCUT2D eigenvalue weighted by molar-refractivity contribution is 5.96. The summed E-state index contributed by atoms with van der Waals surface area (Å²) in [6.45, 7) is 0.117. The van der Waals surface area contributed by atoms with E-state index in [-0.39, 0.29) is 19.1 Å². The van der Waals surface area contributed by atoms with Gasteiger partial charge in [0, 0.05) is 6.42 Å². The zero-order valence-corrected chi connectivity index (χ0v) is 15.5. The zero-order valence-electron chi connectivity index (χ0n) is 15.5. The summed E-state index contributed by atoms with van der Waals surface area (Å²) in [5.74, 6) is -2.73. The molecule has 1 fully saturated rings. The van der Waals surface area contributed by atoms with Gasteiger partial charge in [-0.15, -0.1) is 0 Å². The Hall–Kier alpha value is -3.15. The van der Waals surface area contributed by atoms with Crippen LogP contribution in [0.15, 0.2) is 60.7 Å². The molecule has 1 amide bonds. The number of piperidine rings is 1. The smallest absolute Gasteiger partial charge is 0.322 e. The molecular weight excluding hydrogens is 358 g/mol. The molecule has 0 aromatic heterocycles. The number of benzene rings is 2. The maximum atomic E-state index is 12.7. The molecule has 1 aliphatic heterocycles. The predicted molar refractivity (Wildman–Crippen MR) is 102 cm³/mol. The molecule has 6 nitrogen and oxygen atoms in total. The Morgan fingerprint density at radius 2 is 1.39 bits per heavy atom. The fourth-order valence-electron chi connectivity index (χ4n) is 3.15. The van der Waals surface area contributed by atoms with Crippen molar-refractivity contribution >= 4 is 17.8 Å². The van der Waals surface area contributed by atoms with Crippen LogP contribution in [0.1, 0.15) is 30.4 Å². The van der Waals surface area contributed by atoms with E-state index in [0.29, 0.717) is 19.3 Å². The van der Waals surface area contributed by atoms with E-state index < -0.39 is 23.9 Å². The number of rotatable bonds is 7. The lowest BCUT2D eigenvalue weighted by atomic mass is 9.92. The first-order valence-electron chi connectivity index (χ1n) is 9.34. The molecule has 0 aliphatic carbocycles. The summed E-state index contributed by atoms with van der Waals surface area (Å²) in [4.78, 5) is 37.2. The second-order valence-electron chi connectivity index (χ2n) is 6.73. The van der Waals surface area contributed by atoms with Gasteiger partial charge in [-0.2, -0.15) is 0 Å². The first kappa shape index (κ1) is 19.6. The van der Waals surface area contributed by atoms with Gasteiger partial charge in [-0.1, -0.05) is 60.7 Å². The summed E-state index contributed by atoms with van der Waals surface area (Å²) in [6, 6.07) is 17.8. The Kier molecular flexibility index (Phi) is 6.78. The van der Waals surface area contributed by atoms with E-state index in [1.807, 2.05) is 60.7 Å². The summed E-state index contributed by atoms with van der Waals surface area (Å²) < 4.78 is 10.7. The molecule has 1 heterocycles. The van der Waals surface area contributed by atoms with Crippen molar-refractivity contribution in [3.63, 3.8) is 0 Å². The average molecular weight is 381 g/mol. The Morgan fingerprint density at radius 3 is 1.86 bits per heavy atom. The minimum absolute atomic E-state index is 0.0583. The van der Waals surface area contributed by atoms with Crippen molar-refractivity contribution in [2.75, 3.05) is 0 Å². The minimum Gasteiger partial charge on any atom is -0.460 e. The van der Waals surface area contributed by atoms with Gasteiger partial charge in [0.15, 0.2) is 5.92 Å². The first-order chi connectivity index (χ1) is 13.6. The molecule has 1 aliphatic rings. The van der Waals surface area contributed by atoms with Gasteiger partial charge in [0.2, 0.25) is 5.91 Å². The third-order valence-corrected chi connectivity index (χ3v) is 4.62. The van der Waals surface area contributed by atoms with E-state index in [1.54, 1.807) is 0 Å². The second kappa shape index (κ2) is 9.69. The Morgan fingerprint density at radius 1 is 0.893 bits per heavy atom. The van der Waals surface area contributed by atoms with E-state index >= 15 is 0 Å². The van der Waals surface area contributed by atoms with Gasteiger partial charge in [0.25, 0.3) is 0 Å². The van der Waals surface area contributed by atoms with E-state index in [9.17, 15) is 14.4 Å². The van der Waals surface area contributed by atoms with Crippen molar-refractivity contribution < 1.29 is 23.9 Å². The molecular formula is C22H23NO5. The second-order valence-corrected chi connectivity index (χ2v) is 6.73. The van der Waals surface area contributed by atoms with Gasteiger partial charge < -0.3 is 14.8 Å². The monoisotopic (exact) mass is 381 g/mol. The molecule has 0 radical (unpaired) electrons. The van der Waals surface area contributed by atoms with Crippen molar-refractivity contribution in [3.8, 4) is 0 Å². The van der Waals surface area contributed by atoms with Gasteiger partial charge >= 0.3 is 11.9 Å². The topological polar surface area (TPSA) is 81.7 Å². The number of carbonyl (C=O) groups excluding carboxylic acids is 3. The molecule has 1 atom stereocenters. The van der Waals surface area contributed by atoms with Crippen LogP contribution in [-0.2, 0) is 37.1 Å². The number of hydrogen-bond acceptors (Lipinski definition) is 5. The van der Waals surface area contributed by atoms with Crippen LogP contribution in [0.2, 0.25) is 0 Å². The van der Waals surface area contributed by atoms with Gasteiger partial charge in [-0.3, -0.25) is 14.4 Å². The first-order valence-corrected chi connectivity index (χ1v) is 9.34. The van der Waals surface area contributed by atoms with Crippen molar-refractivity contribution in [2.24, 2.45) is 5.92 Å². The Balaban J connectivity index is 1.67. The zero-order chi connectivity index (χ0) is 19.8. The SMILES string of the molecule is O=C1CCCC(C(C(=O)OCc2ccccc2)C(=O)OCc2ccccc2)N1. The number of hydrogen-bond donors (Lipinski definition) is 1. The average Bonchev–Trinajstić information content (AvgIpc) is 2.72. The van der Waals surface area contributed by atoms with Gasteiger partial charge in [0.05, 0.1) is 6.04 Å². The summed E-state index contributed by atoms with van der Waals surface area (Å²) >= 11 is 0. The van der Waals surface area contributed by atoms with Crippen LogP contribution >= 0.6 is 0 Å². The summed E-state index contributed by atoms with van der Waals surface area (Å²) in [5.41, 5.74) is 1.64. The Bertz CT molecular complexity index is 751. The van der Waals surface area contributed by atoms with Crippen LogP contribution in [0.3, 0.4) is 0 Å².